The molecule has 4 rings (SSSR count). The van der Waals surface area contributed by atoms with Crippen LogP contribution in [0.2, 0.25) is 0 Å². The van der Waals surface area contributed by atoms with Gasteiger partial charge in [-0.05, 0) is 89.4 Å². The van der Waals surface area contributed by atoms with Crippen LogP contribution in [0.15, 0.2) is 18.2 Å². The smallest absolute Gasteiger partial charge is 0.163 e. The Hall–Kier alpha value is -1.89. The number of fused-ring (bicyclic) bond motifs is 1. The summed E-state index contributed by atoms with van der Waals surface area (Å²) in [4.78, 5) is 9.47. The monoisotopic (exact) mass is 413 g/mol. The Morgan fingerprint density at radius 3 is 2.53 bits per heavy atom. The minimum Gasteiger partial charge on any atom is -0.493 e. The largest absolute Gasteiger partial charge is 0.493 e. The van der Waals surface area contributed by atoms with Gasteiger partial charge in [0.15, 0.2) is 11.5 Å². The number of nitrogens with zero attached hydrogens (tertiary/aromatic N) is 3. The van der Waals surface area contributed by atoms with Gasteiger partial charge in [0, 0.05) is 23.7 Å². The average Bonchev–Trinajstić information content (AvgIpc) is 3.24. The molecule has 0 radical (unpaired) electrons. The quantitative estimate of drug-likeness (QED) is 0.752. The molecule has 3 heterocycles. The minimum absolute atomic E-state index is 0.256. The van der Waals surface area contributed by atoms with E-state index in [2.05, 4.69) is 35.9 Å². The van der Waals surface area contributed by atoms with Gasteiger partial charge < -0.3 is 24.4 Å². The van der Waals surface area contributed by atoms with Gasteiger partial charge in [-0.1, -0.05) is 0 Å². The molecule has 0 amide bonds. The molecule has 2 aliphatic heterocycles. The number of β-amino-alcohol motifs (C(OH)–C–C–N with tert-alkyl or cyclic N) is 1. The molecular formula is C24H35N3O3. The lowest BCUT2D eigenvalue weighted by Gasteiger charge is -2.30. The lowest BCUT2D eigenvalue weighted by molar-refractivity contribution is 0.0747. The number of ether oxygens (including phenoxy) is 2. The first-order chi connectivity index (χ1) is 14.5. The van der Waals surface area contributed by atoms with Crippen molar-refractivity contribution < 1.29 is 14.6 Å². The summed E-state index contributed by atoms with van der Waals surface area (Å²) < 4.78 is 11.7. The standard InChI is InChI=1S/C24H35N3O3/c1-17-12-20(18-6-10-26(2)11-7-18)21-13-23(29-3)24(14-22(21)25-17)30-16-19(28)15-27-8-4-5-9-27/h12-14,18-19,28H,4-11,15-16H2,1-3H3/t19-/m1/s1. The Bertz CT molecular complexity index is 858. The van der Waals surface area contributed by atoms with E-state index < -0.39 is 6.10 Å². The Morgan fingerprint density at radius 2 is 1.83 bits per heavy atom. The zero-order chi connectivity index (χ0) is 21.1. The molecule has 6 heteroatoms. The van der Waals surface area contributed by atoms with Gasteiger partial charge in [-0.2, -0.15) is 0 Å². The number of piperidine rings is 1. The van der Waals surface area contributed by atoms with Gasteiger partial charge in [0.05, 0.1) is 12.6 Å². The van der Waals surface area contributed by atoms with E-state index in [-0.39, 0.29) is 6.61 Å². The van der Waals surface area contributed by atoms with Crippen LogP contribution in [0.1, 0.15) is 42.9 Å². The third-order valence-electron chi connectivity index (χ3n) is 6.51. The van der Waals surface area contributed by atoms with Gasteiger partial charge >= 0.3 is 0 Å². The molecule has 1 atom stereocenters. The van der Waals surface area contributed by atoms with Crippen LogP contribution >= 0.6 is 0 Å². The second kappa shape index (κ2) is 9.50. The van der Waals surface area contributed by atoms with Crippen LogP contribution in [-0.4, -0.2) is 79.5 Å². The van der Waals surface area contributed by atoms with Gasteiger partial charge in [0.2, 0.25) is 0 Å². The molecule has 1 aromatic carbocycles. The van der Waals surface area contributed by atoms with Gasteiger partial charge in [-0.3, -0.25) is 4.98 Å². The maximum absolute atomic E-state index is 10.4. The summed E-state index contributed by atoms with van der Waals surface area (Å²) in [7, 11) is 3.86. The summed E-state index contributed by atoms with van der Waals surface area (Å²) in [5.74, 6) is 1.90. The fourth-order valence-corrected chi connectivity index (χ4v) is 4.83. The molecule has 1 N–H and O–H groups in total. The highest BCUT2D eigenvalue weighted by Gasteiger charge is 2.23. The summed E-state index contributed by atoms with van der Waals surface area (Å²) in [5.41, 5.74) is 3.33. The van der Waals surface area contributed by atoms with E-state index >= 15 is 0 Å². The first-order valence-corrected chi connectivity index (χ1v) is 11.2. The number of rotatable bonds is 7. The topological polar surface area (TPSA) is 58.1 Å². The molecule has 2 aliphatic rings. The Kier molecular flexibility index (Phi) is 6.76. The van der Waals surface area contributed by atoms with Crippen molar-refractivity contribution in [3.05, 3.63) is 29.5 Å². The maximum atomic E-state index is 10.4. The lowest BCUT2D eigenvalue weighted by atomic mass is 9.87. The second-order valence-electron chi connectivity index (χ2n) is 8.92. The molecule has 2 saturated heterocycles. The molecule has 0 spiro atoms. The van der Waals surface area contributed by atoms with Crippen molar-refractivity contribution in [2.45, 2.75) is 44.6 Å². The van der Waals surface area contributed by atoms with Gasteiger partial charge in [0.25, 0.3) is 0 Å². The van der Waals surface area contributed by atoms with Crippen molar-refractivity contribution >= 4 is 10.9 Å². The third-order valence-corrected chi connectivity index (χ3v) is 6.51. The van der Waals surface area contributed by atoms with E-state index in [4.69, 9.17) is 14.5 Å². The number of pyridine rings is 1. The summed E-state index contributed by atoms with van der Waals surface area (Å²) in [6.07, 6.45) is 4.26. The predicted octanol–water partition coefficient (Wildman–Crippen LogP) is 3.20. The van der Waals surface area contributed by atoms with Gasteiger partial charge in [-0.15, -0.1) is 0 Å². The van der Waals surface area contributed by atoms with E-state index in [1.54, 1.807) is 7.11 Å². The Labute approximate surface area is 179 Å². The van der Waals surface area contributed by atoms with Crippen LogP contribution in [0, 0.1) is 6.92 Å². The van der Waals surface area contributed by atoms with Crippen LogP contribution in [0.3, 0.4) is 0 Å². The van der Waals surface area contributed by atoms with Crippen LogP contribution in [0.5, 0.6) is 11.5 Å². The van der Waals surface area contributed by atoms with Crippen molar-refractivity contribution in [2.75, 3.05) is 53.5 Å². The predicted molar refractivity (Wildman–Crippen MR) is 120 cm³/mol. The van der Waals surface area contributed by atoms with Gasteiger partial charge in [-0.25, -0.2) is 0 Å². The summed E-state index contributed by atoms with van der Waals surface area (Å²) >= 11 is 0. The van der Waals surface area contributed by atoms with Crippen LogP contribution < -0.4 is 9.47 Å². The fourth-order valence-electron chi connectivity index (χ4n) is 4.83. The zero-order valence-electron chi connectivity index (χ0n) is 18.6. The highest BCUT2D eigenvalue weighted by Crippen LogP contribution is 2.38. The molecule has 6 nitrogen and oxygen atoms in total. The molecule has 0 aliphatic carbocycles. The number of methoxy groups -OCH3 is 1. The van der Waals surface area contributed by atoms with Crippen molar-refractivity contribution in [1.29, 1.82) is 0 Å². The third kappa shape index (κ3) is 4.88. The van der Waals surface area contributed by atoms with Crippen molar-refractivity contribution in [3.8, 4) is 11.5 Å². The van der Waals surface area contributed by atoms with E-state index in [0.29, 0.717) is 24.0 Å². The molecule has 30 heavy (non-hydrogen) atoms. The average molecular weight is 414 g/mol. The van der Waals surface area contributed by atoms with E-state index in [1.807, 2.05) is 6.07 Å². The summed E-state index contributed by atoms with van der Waals surface area (Å²) in [6, 6.07) is 6.28. The zero-order valence-corrected chi connectivity index (χ0v) is 18.6. The number of likely N-dealkylation sites (tertiary alicyclic amines) is 2. The van der Waals surface area contributed by atoms with Crippen LogP contribution in [-0.2, 0) is 0 Å². The highest BCUT2D eigenvalue weighted by atomic mass is 16.5. The molecule has 2 fully saturated rings. The molecule has 0 bridgehead atoms. The Morgan fingerprint density at radius 1 is 1.10 bits per heavy atom. The first kappa shape index (κ1) is 21.3. The SMILES string of the molecule is COc1cc2c(C3CCN(C)CC3)cc(C)nc2cc1OC[C@H](O)CN1CCCC1. The number of aromatic nitrogens is 1. The first-order valence-electron chi connectivity index (χ1n) is 11.2. The molecule has 2 aromatic rings. The molecular weight excluding hydrogens is 378 g/mol. The summed E-state index contributed by atoms with van der Waals surface area (Å²) in [5, 5.41) is 11.6. The molecule has 1 aromatic heterocycles. The number of benzene rings is 1. The Balaban J connectivity index is 1.55. The van der Waals surface area contributed by atoms with Crippen LogP contribution in [0.25, 0.3) is 10.9 Å². The second-order valence-corrected chi connectivity index (χ2v) is 8.92. The number of hydrogen-bond donors (Lipinski definition) is 1. The lowest BCUT2D eigenvalue weighted by Crippen LogP contribution is -2.33. The van der Waals surface area contributed by atoms with Crippen molar-refractivity contribution in [1.82, 2.24) is 14.8 Å². The molecule has 164 valence electrons. The number of aryl methyl sites for hydroxylation is 1. The minimum atomic E-state index is -0.510. The maximum Gasteiger partial charge on any atom is 0.163 e. The van der Waals surface area contributed by atoms with E-state index in [0.717, 1.165) is 55.6 Å². The number of aliphatic hydroxyl groups excluding tert-OH is 1. The summed E-state index contributed by atoms with van der Waals surface area (Å²) in [6.45, 7) is 7.36. The van der Waals surface area contributed by atoms with Crippen molar-refractivity contribution in [3.63, 3.8) is 0 Å². The van der Waals surface area contributed by atoms with E-state index in [1.165, 1.54) is 18.4 Å². The van der Waals surface area contributed by atoms with Crippen LogP contribution in [0.4, 0.5) is 0 Å². The van der Waals surface area contributed by atoms with E-state index in [9.17, 15) is 5.11 Å². The molecule has 0 saturated carbocycles. The fraction of sp³-hybridized carbons (Fsp3) is 0.625. The number of hydrogen-bond acceptors (Lipinski definition) is 6. The normalized spacial score (nSPS) is 20.0. The highest BCUT2D eigenvalue weighted by molar-refractivity contribution is 5.86. The van der Waals surface area contributed by atoms with Crippen molar-refractivity contribution in [2.24, 2.45) is 0 Å². The van der Waals surface area contributed by atoms with Gasteiger partial charge in [0.1, 0.15) is 12.7 Å². The molecule has 0 unspecified atom stereocenters. The number of aliphatic hydroxyl groups is 1.